The van der Waals surface area contributed by atoms with Crippen molar-refractivity contribution >= 4 is 0 Å². The predicted molar refractivity (Wildman–Crippen MR) is 51.3 cm³/mol. The van der Waals surface area contributed by atoms with Crippen LogP contribution in [-0.2, 0) is 6.18 Å². The smallest absolute Gasteiger partial charge is 0.418 e. The number of aliphatic hydroxyl groups excluding tert-OH is 1. The summed E-state index contributed by atoms with van der Waals surface area (Å²) in [6, 6.07) is 0.995. The highest BCUT2D eigenvalue weighted by atomic mass is 19.4. The zero-order chi connectivity index (χ0) is 12.3. The van der Waals surface area contributed by atoms with Crippen molar-refractivity contribution in [3.05, 3.63) is 22.9 Å². The number of aryl methyl sites for hydroxylation is 2. The van der Waals surface area contributed by atoms with Crippen molar-refractivity contribution in [2.75, 3.05) is 13.2 Å². The molecule has 90 valence electrons. The first kappa shape index (κ1) is 12.8. The van der Waals surface area contributed by atoms with E-state index in [1.807, 2.05) is 0 Å². The van der Waals surface area contributed by atoms with Gasteiger partial charge in [-0.25, -0.2) is 4.98 Å². The fraction of sp³-hybridized carbons (Fsp3) is 0.500. The summed E-state index contributed by atoms with van der Waals surface area (Å²) in [5.74, 6) is 0.125. The highest BCUT2D eigenvalue weighted by molar-refractivity contribution is 5.34. The second-order valence-corrected chi connectivity index (χ2v) is 3.31. The Morgan fingerprint density at radius 2 is 2.00 bits per heavy atom. The monoisotopic (exact) mass is 235 g/mol. The number of aromatic nitrogens is 1. The van der Waals surface area contributed by atoms with Crippen LogP contribution in [0.3, 0.4) is 0 Å². The third-order valence-electron chi connectivity index (χ3n) is 1.99. The molecule has 3 nitrogen and oxygen atoms in total. The number of alkyl halides is 3. The molecule has 0 fully saturated rings. The van der Waals surface area contributed by atoms with Gasteiger partial charge in [0.25, 0.3) is 0 Å². The molecule has 1 aromatic rings. The number of aliphatic hydroxyl groups is 1. The summed E-state index contributed by atoms with van der Waals surface area (Å²) in [5, 5.41) is 8.54. The Kier molecular flexibility index (Phi) is 3.74. The molecular weight excluding hydrogens is 223 g/mol. The van der Waals surface area contributed by atoms with Crippen molar-refractivity contribution < 1.29 is 23.0 Å². The van der Waals surface area contributed by atoms with E-state index in [2.05, 4.69) is 4.98 Å². The molecule has 0 saturated carbocycles. The lowest BCUT2D eigenvalue weighted by molar-refractivity contribution is -0.138. The van der Waals surface area contributed by atoms with E-state index >= 15 is 0 Å². The molecule has 0 unspecified atom stereocenters. The van der Waals surface area contributed by atoms with Gasteiger partial charge in [-0.05, 0) is 19.9 Å². The molecule has 1 aromatic heterocycles. The Bertz CT molecular complexity index is 377. The summed E-state index contributed by atoms with van der Waals surface area (Å²) in [5.41, 5.74) is -0.598. The normalized spacial score (nSPS) is 11.6. The van der Waals surface area contributed by atoms with E-state index in [-0.39, 0.29) is 24.8 Å². The van der Waals surface area contributed by atoms with Crippen molar-refractivity contribution in [2.45, 2.75) is 20.0 Å². The summed E-state index contributed by atoms with van der Waals surface area (Å²) >= 11 is 0. The van der Waals surface area contributed by atoms with Crippen LogP contribution in [0.4, 0.5) is 13.2 Å². The van der Waals surface area contributed by atoms with Crippen molar-refractivity contribution in [1.29, 1.82) is 0 Å². The Balaban J connectivity index is 3.07. The van der Waals surface area contributed by atoms with Gasteiger partial charge >= 0.3 is 6.18 Å². The zero-order valence-electron chi connectivity index (χ0n) is 8.93. The maximum Gasteiger partial charge on any atom is 0.418 e. The van der Waals surface area contributed by atoms with Gasteiger partial charge in [-0.3, -0.25) is 0 Å². The van der Waals surface area contributed by atoms with E-state index < -0.39 is 11.7 Å². The van der Waals surface area contributed by atoms with E-state index in [9.17, 15) is 13.2 Å². The van der Waals surface area contributed by atoms with Gasteiger partial charge in [-0.15, -0.1) is 0 Å². The van der Waals surface area contributed by atoms with Crippen LogP contribution in [0, 0.1) is 13.8 Å². The number of rotatable bonds is 3. The van der Waals surface area contributed by atoms with Gasteiger partial charge < -0.3 is 9.84 Å². The van der Waals surface area contributed by atoms with Gasteiger partial charge in [-0.2, -0.15) is 13.2 Å². The highest BCUT2D eigenvalue weighted by Gasteiger charge is 2.33. The Labute approximate surface area is 90.9 Å². The molecule has 0 radical (unpaired) electrons. The largest absolute Gasteiger partial charge is 0.475 e. The maximum atomic E-state index is 12.5. The standard InChI is InChI=1S/C10H12F3NO2/c1-6-5-8(10(11,12)13)7(2)14-9(6)16-4-3-15/h5,15H,3-4H2,1-2H3. The van der Waals surface area contributed by atoms with E-state index in [0.29, 0.717) is 5.56 Å². The summed E-state index contributed by atoms with van der Waals surface area (Å²) in [6.45, 7) is 2.56. The van der Waals surface area contributed by atoms with Crippen LogP contribution < -0.4 is 4.74 Å². The molecular formula is C10H12F3NO2. The van der Waals surface area contributed by atoms with Gasteiger partial charge in [0.15, 0.2) is 0 Å². The van der Waals surface area contributed by atoms with Gasteiger partial charge in [0.2, 0.25) is 5.88 Å². The fourth-order valence-electron chi connectivity index (χ4n) is 1.26. The van der Waals surface area contributed by atoms with Crippen LogP contribution in [0.1, 0.15) is 16.8 Å². The summed E-state index contributed by atoms with van der Waals surface area (Å²) in [4.78, 5) is 3.72. The molecule has 0 spiro atoms. The third-order valence-corrected chi connectivity index (χ3v) is 1.99. The molecule has 1 heterocycles. The molecule has 0 atom stereocenters. The number of pyridine rings is 1. The summed E-state index contributed by atoms with van der Waals surface area (Å²) in [6.07, 6.45) is -4.41. The molecule has 0 aliphatic heterocycles. The minimum Gasteiger partial charge on any atom is -0.475 e. The minimum atomic E-state index is -4.41. The zero-order valence-corrected chi connectivity index (χ0v) is 8.93. The first-order valence-electron chi connectivity index (χ1n) is 4.65. The minimum absolute atomic E-state index is 0.0125. The number of ether oxygens (including phenoxy) is 1. The molecule has 0 aliphatic carbocycles. The molecule has 1 rings (SSSR count). The summed E-state index contributed by atoms with van der Waals surface area (Å²) < 4.78 is 42.5. The third kappa shape index (κ3) is 2.85. The SMILES string of the molecule is Cc1cc(C(F)(F)F)c(C)nc1OCCO. The second-order valence-electron chi connectivity index (χ2n) is 3.31. The first-order valence-corrected chi connectivity index (χ1v) is 4.65. The number of halogens is 3. The molecule has 0 bridgehead atoms. The topological polar surface area (TPSA) is 42.4 Å². The van der Waals surface area contributed by atoms with E-state index in [0.717, 1.165) is 6.07 Å². The lowest BCUT2D eigenvalue weighted by atomic mass is 10.1. The molecule has 1 N–H and O–H groups in total. The quantitative estimate of drug-likeness (QED) is 0.872. The van der Waals surface area contributed by atoms with E-state index in [1.54, 1.807) is 0 Å². The van der Waals surface area contributed by atoms with E-state index in [4.69, 9.17) is 9.84 Å². The average molecular weight is 235 g/mol. The lowest BCUT2D eigenvalue weighted by Gasteiger charge is -2.13. The molecule has 16 heavy (non-hydrogen) atoms. The van der Waals surface area contributed by atoms with Crippen LogP contribution in [0.2, 0.25) is 0 Å². The molecule has 0 aromatic carbocycles. The highest BCUT2D eigenvalue weighted by Crippen LogP contribution is 2.33. The Morgan fingerprint density at radius 1 is 1.38 bits per heavy atom. The van der Waals surface area contributed by atoms with Crippen LogP contribution in [0.25, 0.3) is 0 Å². The van der Waals surface area contributed by atoms with Crippen molar-refractivity contribution in [3.63, 3.8) is 0 Å². The van der Waals surface area contributed by atoms with Crippen LogP contribution in [-0.4, -0.2) is 23.3 Å². The molecule has 6 heteroatoms. The van der Waals surface area contributed by atoms with Crippen LogP contribution in [0.5, 0.6) is 5.88 Å². The van der Waals surface area contributed by atoms with Gasteiger partial charge in [0.05, 0.1) is 17.9 Å². The predicted octanol–water partition coefficient (Wildman–Crippen LogP) is 2.09. The lowest BCUT2D eigenvalue weighted by Crippen LogP contribution is -2.12. The number of nitrogens with zero attached hydrogens (tertiary/aromatic N) is 1. The van der Waals surface area contributed by atoms with Crippen LogP contribution >= 0.6 is 0 Å². The Morgan fingerprint density at radius 3 is 2.50 bits per heavy atom. The molecule has 0 aliphatic rings. The molecule has 0 saturated heterocycles. The number of hydrogen-bond donors (Lipinski definition) is 1. The number of hydrogen-bond acceptors (Lipinski definition) is 3. The second kappa shape index (κ2) is 4.69. The molecule has 0 amide bonds. The van der Waals surface area contributed by atoms with Crippen molar-refractivity contribution in [2.24, 2.45) is 0 Å². The average Bonchev–Trinajstić information content (AvgIpc) is 2.17. The first-order chi connectivity index (χ1) is 7.36. The van der Waals surface area contributed by atoms with Crippen molar-refractivity contribution in [1.82, 2.24) is 4.98 Å². The van der Waals surface area contributed by atoms with Crippen molar-refractivity contribution in [3.8, 4) is 5.88 Å². The van der Waals surface area contributed by atoms with Gasteiger partial charge in [0.1, 0.15) is 6.61 Å². The fourth-order valence-corrected chi connectivity index (χ4v) is 1.26. The van der Waals surface area contributed by atoms with Gasteiger partial charge in [-0.1, -0.05) is 0 Å². The Hall–Kier alpha value is -1.30. The van der Waals surface area contributed by atoms with Gasteiger partial charge in [0, 0.05) is 5.56 Å². The van der Waals surface area contributed by atoms with Crippen LogP contribution in [0.15, 0.2) is 6.07 Å². The van der Waals surface area contributed by atoms with E-state index in [1.165, 1.54) is 13.8 Å². The summed E-state index contributed by atoms with van der Waals surface area (Å²) in [7, 11) is 0. The maximum absolute atomic E-state index is 12.5.